The van der Waals surface area contributed by atoms with Crippen molar-refractivity contribution in [3.8, 4) is 0 Å². The van der Waals surface area contributed by atoms with Crippen LogP contribution in [-0.4, -0.2) is 47.8 Å². The molecule has 0 aromatic carbocycles. The Morgan fingerprint density at radius 1 is 1.04 bits per heavy atom. The van der Waals surface area contributed by atoms with Gasteiger partial charge in [0.15, 0.2) is 22.3 Å². The molecule has 0 saturated heterocycles. The maximum atomic E-state index is 13.3. The van der Waals surface area contributed by atoms with Crippen LogP contribution < -0.4 is 0 Å². The number of oxime groups is 1. The molecule has 2 saturated carbocycles. The van der Waals surface area contributed by atoms with Crippen molar-refractivity contribution in [3.63, 3.8) is 0 Å². The molecular weight excluding hydrogens is 644 g/mol. The summed E-state index contributed by atoms with van der Waals surface area (Å²) in [6, 6.07) is 0. The SMILES string of the molecule is C=C1/C(=C\C=C2/CCC[C@]3(C)C([C@H](C)C/C=C/C(=N\OC)C(F)(F)F)=CC[C@@H]23)C[C@@H](O[Si](C)(C)C(C)(C)C)C[C@@H]1O[Si](C)(C)C(C)(C)C. The summed E-state index contributed by atoms with van der Waals surface area (Å²) < 4.78 is 53.9. The van der Waals surface area contributed by atoms with E-state index >= 15 is 0 Å². The number of fused-ring (bicyclic) bond motifs is 1. The first-order chi connectivity index (χ1) is 21.8. The third-order valence-corrected chi connectivity index (χ3v) is 21.1. The molecule has 4 nitrogen and oxygen atoms in total. The van der Waals surface area contributed by atoms with Crippen molar-refractivity contribution in [3.05, 3.63) is 59.3 Å². The van der Waals surface area contributed by atoms with E-state index in [4.69, 9.17) is 8.85 Å². The summed E-state index contributed by atoms with van der Waals surface area (Å²) in [7, 11) is -2.92. The zero-order chi connectivity index (χ0) is 36.5. The van der Waals surface area contributed by atoms with Gasteiger partial charge in [-0.25, -0.2) is 0 Å². The van der Waals surface area contributed by atoms with Gasteiger partial charge >= 0.3 is 6.18 Å². The highest BCUT2D eigenvalue weighted by Crippen LogP contribution is 2.57. The molecular formula is C39H64F3NO3Si2. The van der Waals surface area contributed by atoms with Crippen LogP contribution >= 0.6 is 0 Å². The largest absolute Gasteiger partial charge is 0.436 e. The predicted molar refractivity (Wildman–Crippen MR) is 200 cm³/mol. The second-order valence-corrected chi connectivity index (χ2v) is 27.2. The van der Waals surface area contributed by atoms with Gasteiger partial charge in [0.25, 0.3) is 0 Å². The molecule has 0 spiro atoms. The van der Waals surface area contributed by atoms with Gasteiger partial charge in [0, 0.05) is 6.42 Å². The minimum absolute atomic E-state index is 0.00510. The van der Waals surface area contributed by atoms with Gasteiger partial charge < -0.3 is 13.7 Å². The van der Waals surface area contributed by atoms with Crippen molar-refractivity contribution in [2.75, 3.05) is 7.11 Å². The lowest BCUT2D eigenvalue weighted by Gasteiger charge is -2.45. The summed E-state index contributed by atoms with van der Waals surface area (Å²) in [5.41, 5.74) is 4.12. The van der Waals surface area contributed by atoms with Crippen molar-refractivity contribution < 1.29 is 26.9 Å². The number of hydrogen-bond donors (Lipinski definition) is 0. The lowest BCUT2D eigenvalue weighted by Crippen LogP contribution is -2.49. The standard InChI is InChI=1S/C39H64F3NO3Si2/c1-27(17-15-19-35(43-44-10)39(40,41)42)32-22-23-33-29(18-16-24-38(32,33)9)20-21-30-25-31(45-47(11,12)36(3,4)5)26-34(28(30)2)46-48(13,14)37(6,7)8/h15,19-22,27,31,33-34H,2,16-18,23-26H2,1,3-14H3/b19-15+,29-20+,30-21-,43-35+/t27-,31-,33+,34+,38-/m1/s1. The summed E-state index contributed by atoms with van der Waals surface area (Å²) in [6.45, 7) is 32.1. The average Bonchev–Trinajstić information content (AvgIpc) is 3.29. The van der Waals surface area contributed by atoms with Gasteiger partial charge in [0.2, 0.25) is 0 Å². The summed E-state index contributed by atoms with van der Waals surface area (Å²) in [5, 5.41) is 3.38. The highest BCUT2D eigenvalue weighted by atomic mass is 28.4. The molecule has 2 fully saturated rings. The van der Waals surface area contributed by atoms with Crippen LogP contribution in [0.3, 0.4) is 0 Å². The fourth-order valence-electron chi connectivity index (χ4n) is 7.17. The molecule has 3 aliphatic rings. The first-order valence-electron chi connectivity index (χ1n) is 17.8. The van der Waals surface area contributed by atoms with E-state index in [1.54, 1.807) is 6.08 Å². The van der Waals surface area contributed by atoms with E-state index in [9.17, 15) is 13.2 Å². The number of rotatable bonds is 10. The van der Waals surface area contributed by atoms with E-state index in [1.807, 2.05) is 0 Å². The molecule has 272 valence electrons. The Labute approximate surface area is 292 Å². The molecule has 48 heavy (non-hydrogen) atoms. The minimum atomic E-state index is -4.55. The second-order valence-electron chi connectivity index (χ2n) is 17.7. The maximum absolute atomic E-state index is 13.3. The van der Waals surface area contributed by atoms with Crippen LogP contribution in [0.2, 0.25) is 36.3 Å². The van der Waals surface area contributed by atoms with Gasteiger partial charge in [-0.3, -0.25) is 0 Å². The first kappa shape index (κ1) is 40.7. The summed E-state index contributed by atoms with van der Waals surface area (Å²) in [6.07, 6.45) is 11.5. The zero-order valence-electron chi connectivity index (χ0n) is 32.2. The molecule has 9 heteroatoms. The smallest absolute Gasteiger partial charge is 0.413 e. The number of halogens is 3. The third kappa shape index (κ3) is 9.35. The maximum Gasteiger partial charge on any atom is 0.436 e. The Hall–Kier alpha value is -1.69. The van der Waals surface area contributed by atoms with Gasteiger partial charge in [-0.1, -0.05) is 103 Å². The third-order valence-electron chi connectivity index (χ3n) is 12.1. The predicted octanol–water partition coefficient (Wildman–Crippen LogP) is 12.3. The molecule has 0 N–H and O–H groups in total. The van der Waals surface area contributed by atoms with Crippen LogP contribution in [0.4, 0.5) is 13.2 Å². The molecule has 5 atom stereocenters. The van der Waals surface area contributed by atoms with Gasteiger partial charge in [0.1, 0.15) is 7.11 Å². The molecule has 0 aliphatic heterocycles. The number of alkyl halides is 3. The molecule has 0 amide bonds. The summed E-state index contributed by atoms with van der Waals surface area (Å²) >= 11 is 0. The van der Waals surface area contributed by atoms with Gasteiger partial charge in [-0.15, -0.1) is 0 Å². The van der Waals surface area contributed by atoms with Gasteiger partial charge in [-0.2, -0.15) is 13.2 Å². The normalized spacial score (nSPS) is 29.1. The fraction of sp³-hybridized carbons (Fsp3) is 0.718. The van der Waals surface area contributed by atoms with Gasteiger partial charge in [-0.05, 0) is 109 Å². The lowest BCUT2D eigenvalue weighted by molar-refractivity contribution is -0.0604. The van der Waals surface area contributed by atoms with Crippen molar-refractivity contribution in [2.45, 2.75) is 155 Å². The van der Waals surface area contributed by atoms with Gasteiger partial charge in [0.05, 0.1) is 12.2 Å². The molecule has 0 unspecified atom stereocenters. The van der Waals surface area contributed by atoms with E-state index in [0.29, 0.717) is 12.3 Å². The number of hydrogen-bond acceptors (Lipinski definition) is 4. The monoisotopic (exact) mass is 707 g/mol. The first-order valence-corrected chi connectivity index (χ1v) is 23.7. The van der Waals surface area contributed by atoms with Crippen molar-refractivity contribution in [1.82, 2.24) is 0 Å². The van der Waals surface area contributed by atoms with Crippen molar-refractivity contribution in [1.29, 1.82) is 0 Å². The average molecular weight is 708 g/mol. The Morgan fingerprint density at radius 2 is 1.65 bits per heavy atom. The Bertz CT molecular complexity index is 1330. The Balaban J connectivity index is 1.87. The van der Waals surface area contributed by atoms with Crippen LogP contribution in [0.5, 0.6) is 0 Å². The molecule has 0 bridgehead atoms. The highest BCUT2D eigenvalue weighted by Gasteiger charge is 2.47. The number of nitrogens with zero attached hydrogens (tertiary/aromatic N) is 1. The molecule has 3 rings (SSSR count). The van der Waals surface area contributed by atoms with Crippen LogP contribution in [0, 0.1) is 17.3 Å². The van der Waals surface area contributed by atoms with E-state index in [1.165, 1.54) is 16.7 Å². The summed E-state index contributed by atoms with van der Waals surface area (Å²) in [5.74, 6) is 0.520. The quantitative estimate of drug-likeness (QED) is 0.0982. The van der Waals surface area contributed by atoms with E-state index in [0.717, 1.165) is 57.3 Å². The molecule has 0 radical (unpaired) electrons. The van der Waals surface area contributed by atoms with Crippen LogP contribution in [0.1, 0.15) is 100 Å². The molecule has 0 aromatic rings. The van der Waals surface area contributed by atoms with Crippen LogP contribution in [-0.2, 0) is 13.7 Å². The topological polar surface area (TPSA) is 40.0 Å². The molecule has 0 heterocycles. The molecule has 3 aliphatic carbocycles. The summed E-state index contributed by atoms with van der Waals surface area (Å²) in [4.78, 5) is 4.42. The Kier molecular flexibility index (Phi) is 12.6. The Morgan fingerprint density at radius 3 is 2.21 bits per heavy atom. The van der Waals surface area contributed by atoms with Crippen molar-refractivity contribution >= 4 is 22.3 Å². The fourth-order valence-corrected chi connectivity index (χ4v) is 9.84. The zero-order valence-corrected chi connectivity index (χ0v) is 34.2. The second kappa shape index (κ2) is 14.9. The molecule has 0 aromatic heterocycles. The van der Waals surface area contributed by atoms with Crippen LogP contribution in [0.15, 0.2) is 64.4 Å². The van der Waals surface area contributed by atoms with E-state index in [-0.39, 0.29) is 33.6 Å². The minimum Gasteiger partial charge on any atom is -0.413 e. The highest BCUT2D eigenvalue weighted by molar-refractivity contribution is 6.74. The van der Waals surface area contributed by atoms with E-state index in [2.05, 4.69) is 116 Å². The van der Waals surface area contributed by atoms with Crippen LogP contribution in [0.25, 0.3) is 0 Å². The van der Waals surface area contributed by atoms with Crippen molar-refractivity contribution in [2.24, 2.45) is 22.4 Å². The lowest BCUT2D eigenvalue weighted by atomic mass is 9.62. The number of allylic oxidation sites excluding steroid dienone is 7. The van der Waals surface area contributed by atoms with E-state index < -0.39 is 28.5 Å².